The quantitative estimate of drug-likeness (QED) is 0.0123. The van der Waals surface area contributed by atoms with Crippen LogP contribution in [0.5, 0.6) is 0 Å². The van der Waals surface area contributed by atoms with Gasteiger partial charge in [-0.05, 0) is 186 Å². The third-order valence-electron chi connectivity index (χ3n) is 26.0. The van der Waals surface area contributed by atoms with Crippen molar-refractivity contribution in [3.63, 3.8) is 0 Å². The van der Waals surface area contributed by atoms with Crippen LogP contribution in [-0.4, -0.2) is 400 Å². The number of hydrogen-bond acceptors (Lipinski definition) is 35. The highest BCUT2D eigenvalue weighted by Gasteiger charge is 2.51. The van der Waals surface area contributed by atoms with Crippen molar-refractivity contribution in [2.45, 2.75) is 216 Å². The van der Waals surface area contributed by atoms with E-state index in [1.165, 1.54) is 12.7 Å². The third-order valence-corrected chi connectivity index (χ3v) is 37.2. The molecule has 0 radical (unpaired) electrons. The fraction of sp³-hybridized carbons (Fsp3) is 0.579. The van der Waals surface area contributed by atoms with Crippen LogP contribution >= 0.6 is 79.8 Å². The van der Waals surface area contributed by atoms with Gasteiger partial charge in [-0.1, -0.05) is 59.3 Å². The van der Waals surface area contributed by atoms with Crippen molar-refractivity contribution in [1.82, 2.24) is 97.2 Å². The van der Waals surface area contributed by atoms with Crippen LogP contribution in [0.2, 0.25) is 0 Å². The van der Waals surface area contributed by atoms with E-state index in [0.29, 0.717) is 139 Å². The number of rotatable bonds is 28. The second kappa shape index (κ2) is 47.1. The maximum atomic E-state index is 10.6. The van der Waals surface area contributed by atoms with Gasteiger partial charge in [0.05, 0.1) is 124 Å². The van der Waals surface area contributed by atoms with E-state index in [0.717, 1.165) is 69.1 Å². The molecule has 0 aromatic carbocycles. The fourth-order valence-electron chi connectivity index (χ4n) is 17.9. The number of imidazole rings is 6. The van der Waals surface area contributed by atoms with E-state index in [1.807, 2.05) is 34.5 Å². The zero-order valence-electron chi connectivity index (χ0n) is 85.1. The van der Waals surface area contributed by atoms with E-state index in [9.17, 15) is 40.9 Å². The van der Waals surface area contributed by atoms with Crippen LogP contribution in [0, 0.1) is 5.92 Å². The van der Waals surface area contributed by atoms with Gasteiger partial charge < -0.3 is 108 Å². The van der Waals surface area contributed by atoms with Crippen molar-refractivity contribution in [3.8, 4) is 0 Å². The monoisotopic (exact) mass is 2280 g/mol. The van der Waals surface area contributed by atoms with Gasteiger partial charge in [0, 0.05) is 50.7 Å². The highest BCUT2D eigenvalue weighted by molar-refractivity contribution is 14.1. The predicted octanol–water partition coefficient (Wildman–Crippen LogP) is 9.47. The zero-order valence-corrected chi connectivity index (χ0v) is 94.2. The van der Waals surface area contributed by atoms with Crippen molar-refractivity contribution in [1.29, 1.82) is 0 Å². The Bertz CT molecular complexity index is 6430. The van der Waals surface area contributed by atoms with Gasteiger partial charge in [-0.3, -0.25) is 27.4 Å². The highest BCUT2D eigenvalue weighted by Crippen LogP contribution is 2.49. The number of fused-ring (bicyclic) bond motifs is 6. The third kappa shape index (κ3) is 27.2. The number of hydrogen-bond donors (Lipinski definition) is 14. The molecule has 20 N–H and O–H groups in total. The molecule has 0 aliphatic carbocycles. The average Bonchev–Trinajstić information content (AvgIpc) is 1.65. The maximum absolute atomic E-state index is 10.6. The summed E-state index contributed by atoms with van der Waals surface area (Å²) in [6.07, 6.45) is 42.6. The number of pyridine rings is 4. The molecular formula is C95H148BrIN26O15P6. The van der Waals surface area contributed by atoms with E-state index in [4.69, 9.17) is 67.6 Å². The number of nitrogen functional groups attached to an aromatic ring is 6. The van der Waals surface area contributed by atoms with Gasteiger partial charge in [0.1, 0.15) is 87.6 Å². The predicted molar refractivity (Wildman–Crippen MR) is 605 cm³/mol. The second-order valence-electron chi connectivity index (χ2n) is 42.2. The molecule has 6 saturated heterocycles. The van der Waals surface area contributed by atoms with Crippen LogP contribution in [0.15, 0.2) is 87.0 Å². The summed E-state index contributed by atoms with van der Waals surface area (Å²) in [6, 6.07) is 6.89. The lowest BCUT2D eigenvalue weighted by atomic mass is 10.0. The van der Waals surface area contributed by atoms with Gasteiger partial charge in [0.15, 0.2) is 76.7 Å². The molecule has 18 heterocycles. The van der Waals surface area contributed by atoms with Crippen LogP contribution in [0.1, 0.15) is 115 Å². The van der Waals surface area contributed by atoms with Crippen LogP contribution in [0.25, 0.3) is 67.0 Å². The standard InChI is InChI=1S/C17H28N5O3P.C16H26N5O3P.C16H25N4O3P.C16H25N4O2P.C15H22BrN4O2P.C15H22IN4O2P/c1-5-6-11-20-15(18)12-16(21-11)22(9-19-12)17-14(24)13(23)10(25-17)7-8-26(2,3)4;1-5-10-19-14(17)11-15(20-10)21(8-18-11)16-13(23)12(22)9(24-16)6-7-25(2,3)4;1-22-14-13(21)11(6-8-24(2,3)4)23-16(14)20-9-19-12-10(17)5-7-18-15(12)20;1-10-14(21)12(6-8-23(2,3)4)22-16(10)20-9-19-13-11(17)5-7-18-15(13)20;2*1-23(2,3)7-5-10-13(21)11(16)15(22-10)20-8-19-12-9(17)4-6-18-14(12)20/h9-10,13-14,17,23-24H,2,5-8H2,1,3-4H3,(H2,18,20,21);8-9,12-13,16,22-23H,2,5-7H2,1,3-4H3,(H2,17,19,20);5,7,9,11,13-14,16,21H,2,6,8H2,1,3-4H3,(H2,17,18);5,7,9-10,12,14,16,21H,2,6,8H2,1,3-4H3,(H2,17,18);2*4,6,8,10-11,13,15,21H,1,5,7H2,2-3H3,(H2,17,18)/t10-,13-,14-,17-;9-,12-,13-,16-;11-,13-,14-,16-;10-,12-,14+,16-;2*10-,11-,13-,15-/m111111/s1. The lowest BCUT2D eigenvalue weighted by molar-refractivity contribution is -0.0496. The van der Waals surface area contributed by atoms with Gasteiger partial charge in [0.2, 0.25) is 0 Å². The minimum atomic E-state index is -1.23. The number of aryl methyl sites for hydroxylation is 2. The number of aliphatic hydroxyl groups is 8. The largest absolute Gasteiger partial charge is 0.397 e. The lowest BCUT2D eigenvalue weighted by Gasteiger charge is -2.20. The minimum absolute atomic E-state index is 0.0353. The molecule has 24 atom stereocenters. The van der Waals surface area contributed by atoms with Crippen molar-refractivity contribution in [2.75, 3.05) is 158 Å². The van der Waals surface area contributed by atoms with Gasteiger partial charge in [0.25, 0.3) is 0 Å². The summed E-state index contributed by atoms with van der Waals surface area (Å²) in [5.41, 5.74) is 45.3. The molecule has 0 bridgehead atoms. The van der Waals surface area contributed by atoms with Crippen LogP contribution in [0.3, 0.4) is 0 Å². The molecule has 0 spiro atoms. The van der Waals surface area contributed by atoms with Crippen LogP contribution < -0.4 is 34.4 Å². The van der Waals surface area contributed by atoms with E-state index in [2.05, 4.69) is 226 Å². The van der Waals surface area contributed by atoms with Crippen molar-refractivity contribution >= 4 is 219 Å². The second-order valence-corrected chi connectivity index (χ2v) is 70.6. The van der Waals surface area contributed by atoms with Gasteiger partial charge in [-0.25, -0.2) is 69.8 Å². The Hall–Kier alpha value is -7.21. The van der Waals surface area contributed by atoms with Crippen molar-refractivity contribution in [2.24, 2.45) is 5.92 Å². The first-order chi connectivity index (χ1) is 67.6. The first kappa shape index (κ1) is 114. The average molecular weight is 2290 g/mol. The summed E-state index contributed by atoms with van der Waals surface area (Å²) >= 11 is 5.82. The molecule has 6 aliphatic heterocycles. The Morgan fingerprint density at radius 3 is 0.979 bits per heavy atom. The number of aliphatic hydroxyl groups excluding tert-OH is 8. The smallest absolute Gasteiger partial charge is 0.167 e. The van der Waals surface area contributed by atoms with E-state index < -0.39 is 127 Å². The number of alkyl halides is 2. The Labute approximate surface area is 863 Å². The maximum Gasteiger partial charge on any atom is 0.167 e. The molecule has 0 saturated carbocycles. The van der Waals surface area contributed by atoms with Gasteiger partial charge in [-0.2, -0.15) is 0 Å². The van der Waals surface area contributed by atoms with Crippen molar-refractivity contribution in [3.05, 3.63) is 98.7 Å². The number of aromatic nitrogens is 20. The summed E-state index contributed by atoms with van der Waals surface area (Å²) in [5.74, 6) is 1.80. The lowest BCUT2D eigenvalue weighted by Crippen LogP contribution is -2.33. The minimum Gasteiger partial charge on any atom is -0.397 e. The summed E-state index contributed by atoms with van der Waals surface area (Å²) in [4.78, 5) is 60.5. The van der Waals surface area contributed by atoms with E-state index in [1.54, 1.807) is 95.2 Å². The number of nitrogens with two attached hydrogens (primary N) is 6. The summed E-state index contributed by atoms with van der Waals surface area (Å²) < 4.78 is 52.6. The molecule has 41 nitrogen and oxygen atoms in total. The zero-order chi connectivity index (χ0) is 105. The van der Waals surface area contributed by atoms with E-state index >= 15 is 0 Å². The topological polar surface area (TPSA) is 593 Å². The molecule has 6 aliphatic rings. The molecule has 18 rings (SSSR count). The molecule has 0 unspecified atom stereocenters. The number of ether oxygens (including phenoxy) is 7. The van der Waals surface area contributed by atoms with Crippen LogP contribution in [0.4, 0.5) is 34.4 Å². The molecule has 12 aromatic heterocycles. The Kier molecular flexibility index (Phi) is 37.3. The molecule has 49 heteroatoms. The van der Waals surface area contributed by atoms with Crippen molar-refractivity contribution < 1.29 is 74.0 Å². The summed E-state index contributed by atoms with van der Waals surface area (Å²) in [5, 5.41) is 84.0. The molecule has 792 valence electrons. The number of methoxy groups -OCH3 is 1. The first-order valence-electron chi connectivity index (χ1n) is 48.1. The number of nitrogens with zero attached hydrogens (tertiary/aromatic N) is 20. The fourth-order valence-corrected chi connectivity index (χ4v) is 25.3. The van der Waals surface area contributed by atoms with Crippen LogP contribution in [-0.2, 0) is 46.0 Å². The number of halogens is 2. The normalized spacial score (nSPS) is 27.8. The first-order valence-corrected chi connectivity index (χ1v) is 68.5. The van der Waals surface area contributed by atoms with Gasteiger partial charge in [-0.15, -0.1) is 79.1 Å². The Balaban J connectivity index is 0.000000145. The number of anilines is 6. The SMILES string of the molecule is C=P(C)(C)CC[C@H]1O[C@@H](n2cnc3c(N)ccnc32)[C@H](Br)[C@@H]1O.C=P(C)(C)CC[C@H]1O[C@@H](n2cnc3c(N)ccnc32)[C@H](C)[C@@H]1O.C=P(C)(C)CC[C@H]1O[C@@H](n2cnc3c(N)ccnc32)[C@H](I)[C@@H]1O.C=P(C)(C)CC[C@H]1O[C@@H](n2cnc3c(N)ccnc32)[C@H](OC)[C@@H]1O.C=P(C)(C)CC[C@H]1O[C@@H](n2cnc3c(N)nc(CC)nc32)[C@H](O)[C@@H]1O.C=P(C)(C)CC[C@H]1O[C@@H](n2cnc3c(N)nc(CCC)nc32)[C@H](O)[C@@H]1O. The molecule has 6 fully saturated rings. The van der Waals surface area contributed by atoms with Gasteiger partial charge >= 0.3 is 0 Å². The summed E-state index contributed by atoms with van der Waals surface area (Å²) in [7, 11) is 1.58. The Morgan fingerprint density at radius 1 is 0.347 bits per heavy atom. The molecule has 0 amide bonds. The molecular weight excluding hydrogens is 2140 g/mol. The Morgan fingerprint density at radius 2 is 0.625 bits per heavy atom. The van der Waals surface area contributed by atoms with E-state index in [-0.39, 0.29) is 57.8 Å². The highest BCUT2D eigenvalue weighted by atomic mass is 127. The summed E-state index contributed by atoms with van der Waals surface area (Å²) in [6.45, 7) is 25.0. The molecule has 12 aromatic rings. The molecule has 144 heavy (non-hydrogen) atoms.